The molecule has 0 unspecified atom stereocenters. The first-order valence-corrected chi connectivity index (χ1v) is 7.79. The second-order valence-corrected chi connectivity index (χ2v) is 5.59. The summed E-state index contributed by atoms with van der Waals surface area (Å²) in [5.41, 5.74) is 1.68. The van der Waals surface area contributed by atoms with Gasteiger partial charge in [0, 0.05) is 18.6 Å². The highest BCUT2D eigenvalue weighted by atomic mass is 16.2. The average molecular weight is 335 g/mol. The van der Waals surface area contributed by atoms with Crippen LogP contribution in [0.2, 0.25) is 0 Å². The molecule has 7 nitrogen and oxygen atoms in total. The molecule has 0 aliphatic rings. The van der Waals surface area contributed by atoms with Crippen molar-refractivity contribution in [3.05, 3.63) is 76.1 Å². The Hall–Kier alpha value is -3.35. The van der Waals surface area contributed by atoms with Crippen LogP contribution >= 0.6 is 0 Å². The molecule has 7 heteroatoms. The molecule has 1 amide bonds. The van der Waals surface area contributed by atoms with Crippen molar-refractivity contribution >= 4 is 5.91 Å². The topological polar surface area (TPSA) is 101 Å². The number of pyridine rings is 2. The van der Waals surface area contributed by atoms with Gasteiger partial charge in [-0.2, -0.15) is 0 Å². The molecule has 25 heavy (non-hydrogen) atoms. The van der Waals surface area contributed by atoms with E-state index in [1.807, 2.05) is 26.0 Å². The van der Waals surface area contributed by atoms with Crippen LogP contribution in [0.3, 0.4) is 0 Å². The van der Waals surface area contributed by atoms with E-state index in [-0.39, 0.29) is 11.6 Å². The Morgan fingerprint density at radius 1 is 1.12 bits per heavy atom. The molecule has 3 aromatic heterocycles. The Kier molecular flexibility index (Phi) is 4.65. The van der Waals surface area contributed by atoms with Gasteiger partial charge in [-0.1, -0.05) is 12.1 Å². The van der Waals surface area contributed by atoms with E-state index < -0.39 is 11.5 Å². The van der Waals surface area contributed by atoms with Crippen molar-refractivity contribution in [2.75, 3.05) is 0 Å². The second-order valence-electron chi connectivity index (χ2n) is 5.59. The number of aromatic nitrogens is 4. The minimum atomic E-state index is -0.516. The average Bonchev–Trinajstić information content (AvgIpc) is 2.62. The SMILES string of the molecule is Cc1cccnc1[C@H](C)NC(=O)c1cnc(-c2ccccn2)[nH]c1=O. The third-order valence-electron chi connectivity index (χ3n) is 3.76. The highest BCUT2D eigenvalue weighted by Crippen LogP contribution is 2.14. The van der Waals surface area contributed by atoms with Crippen molar-refractivity contribution in [1.82, 2.24) is 25.3 Å². The molecule has 1 atom stereocenters. The van der Waals surface area contributed by atoms with E-state index in [4.69, 9.17) is 0 Å². The summed E-state index contributed by atoms with van der Waals surface area (Å²) in [7, 11) is 0. The monoisotopic (exact) mass is 335 g/mol. The van der Waals surface area contributed by atoms with Gasteiger partial charge in [0.15, 0.2) is 5.82 Å². The maximum Gasteiger partial charge on any atom is 0.264 e. The fraction of sp³-hybridized carbons (Fsp3) is 0.167. The Morgan fingerprint density at radius 3 is 2.60 bits per heavy atom. The van der Waals surface area contributed by atoms with E-state index in [0.29, 0.717) is 11.5 Å². The fourth-order valence-electron chi connectivity index (χ4n) is 2.48. The molecule has 0 bridgehead atoms. The summed E-state index contributed by atoms with van der Waals surface area (Å²) in [6.07, 6.45) is 4.53. The van der Waals surface area contributed by atoms with Crippen molar-refractivity contribution in [3.63, 3.8) is 0 Å². The standard InChI is InChI=1S/C18H17N5O2/c1-11-6-5-9-20-15(11)12(2)22-17(24)13-10-21-16(23-18(13)25)14-7-3-4-8-19-14/h3-10,12H,1-2H3,(H,22,24)(H,21,23,25)/t12-/m0/s1. The lowest BCUT2D eigenvalue weighted by molar-refractivity contribution is 0.0937. The number of amides is 1. The summed E-state index contributed by atoms with van der Waals surface area (Å²) in [5.74, 6) is -0.186. The van der Waals surface area contributed by atoms with Gasteiger partial charge >= 0.3 is 0 Å². The van der Waals surface area contributed by atoms with E-state index in [2.05, 4.69) is 25.3 Å². The first-order valence-electron chi connectivity index (χ1n) is 7.79. The number of hydrogen-bond donors (Lipinski definition) is 2. The molecule has 126 valence electrons. The van der Waals surface area contributed by atoms with Gasteiger partial charge in [0.2, 0.25) is 0 Å². The van der Waals surface area contributed by atoms with Crippen LogP contribution < -0.4 is 10.9 Å². The minimum Gasteiger partial charge on any atom is -0.344 e. The molecular weight excluding hydrogens is 318 g/mol. The van der Waals surface area contributed by atoms with Crippen LogP contribution in [-0.4, -0.2) is 25.8 Å². The lowest BCUT2D eigenvalue weighted by Crippen LogP contribution is -2.32. The highest BCUT2D eigenvalue weighted by molar-refractivity contribution is 5.93. The van der Waals surface area contributed by atoms with Crippen molar-refractivity contribution in [1.29, 1.82) is 0 Å². The summed E-state index contributed by atoms with van der Waals surface area (Å²) < 4.78 is 0. The van der Waals surface area contributed by atoms with E-state index in [9.17, 15) is 9.59 Å². The molecule has 0 radical (unpaired) electrons. The fourth-order valence-corrected chi connectivity index (χ4v) is 2.48. The van der Waals surface area contributed by atoms with Gasteiger partial charge in [0.1, 0.15) is 11.3 Å². The summed E-state index contributed by atoms with van der Waals surface area (Å²) in [5, 5.41) is 2.78. The van der Waals surface area contributed by atoms with E-state index in [0.717, 1.165) is 11.3 Å². The molecule has 0 saturated carbocycles. The van der Waals surface area contributed by atoms with Crippen LogP contribution in [0.1, 0.15) is 34.6 Å². The Bertz CT molecular complexity index is 953. The number of hydrogen-bond acceptors (Lipinski definition) is 5. The quantitative estimate of drug-likeness (QED) is 0.760. The lowest BCUT2D eigenvalue weighted by atomic mass is 10.1. The molecule has 0 saturated heterocycles. The molecule has 0 aliphatic heterocycles. The van der Waals surface area contributed by atoms with E-state index >= 15 is 0 Å². The maximum absolute atomic E-state index is 12.4. The Balaban J connectivity index is 1.81. The zero-order chi connectivity index (χ0) is 17.8. The smallest absolute Gasteiger partial charge is 0.264 e. The Labute approximate surface area is 144 Å². The van der Waals surface area contributed by atoms with Gasteiger partial charge < -0.3 is 10.3 Å². The second kappa shape index (κ2) is 7.04. The number of H-pyrrole nitrogens is 1. The summed E-state index contributed by atoms with van der Waals surface area (Å²) in [6.45, 7) is 3.73. The Morgan fingerprint density at radius 2 is 1.92 bits per heavy atom. The molecule has 2 N–H and O–H groups in total. The zero-order valence-corrected chi connectivity index (χ0v) is 13.9. The largest absolute Gasteiger partial charge is 0.344 e. The zero-order valence-electron chi connectivity index (χ0n) is 13.9. The van der Waals surface area contributed by atoms with Gasteiger partial charge in [0.05, 0.1) is 11.7 Å². The summed E-state index contributed by atoms with van der Waals surface area (Å²) in [4.78, 5) is 39.8. The normalized spacial score (nSPS) is 11.8. The van der Waals surface area contributed by atoms with Crippen LogP contribution in [0, 0.1) is 6.92 Å². The maximum atomic E-state index is 12.4. The summed E-state index contributed by atoms with van der Waals surface area (Å²) in [6, 6.07) is 8.71. The van der Waals surface area contributed by atoms with Gasteiger partial charge in [-0.05, 0) is 37.6 Å². The van der Waals surface area contributed by atoms with Crippen molar-refractivity contribution in [3.8, 4) is 11.5 Å². The third kappa shape index (κ3) is 3.60. The van der Waals surface area contributed by atoms with Crippen LogP contribution in [0.25, 0.3) is 11.5 Å². The lowest BCUT2D eigenvalue weighted by Gasteiger charge is -2.15. The first-order chi connectivity index (χ1) is 12.1. The number of rotatable bonds is 4. The number of nitrogens with zero attached hydrogens (tertiary/aromatic N) is 3. The van der Waals surface area contributed by atoms with E-state index in [1.54, 1.807) is 30.6 Å². The van der Waals surface area contributed by atoms with Crippen LogP contribution in [0.5, 0.6) is 0 Å². The predicted molar refractivity (Wildman–Crippen MR) is 92.9 cm³/mol. The molecule has 0 aliphatic carbocycles. The minimum absolute atomic E-state index is 0.0554. The molecule has 3 aromatic rings. The summed E-state index contributed by atoms with van der Waals surface area (Å²) >= 11 is 0. The van der Waals surface area contributed by atoms with Gasteiger partial charge in [-0.3, -0.25) is 19.6 Å². The number of carbonyl (C=O) groups is 1. The predicted octanol–water partition coefficient (Wildman–Crippen LogP) is 2.03. The number of nitrogens with one attached hydrogen (secondary N) is 2. The molecular formula is C18H17N5O2. The van der Waals surface area contributed by atoms with Crippen molar-refractivity contribution in [2.24, 2.45) is 0 Å². The van der Waals surface area contributed by atoms with Crippen molar-refractivity contribution < 1.29 is 4.79 Å². The van der Waals surface area contributed by atoms with Crippen LogP contribution in [0.15, 0.2) is 53.7 Å². The highest BCUT2D eigenvalue weighted by Gasteiger charge is 2.17. The van der Waals surface area contributed by atoms with Crippen LogP contribution in [0.4, 0.5) is 0 Å². The molecule has 0 fully saturated rings. The van der Waals surface area contributed by atoms with Gasteiger partial charge in [-0.15, -0.1) is 0 Å². The molecule has 0 aromatic carbocycles. The van der Waals surface area contributed by atoms with Gasteiger partial charge in [-0.25, -0.2) is 4.98 Å². The molecule has 0 spiro atoms. The van der Waals surface area contributed by atoms with Crippen molar-refractivity contribution in [2.45, 2.75) is 19.9 Å². The van der Waals surface area contributed by atoms with Gasteiger partial charge in [0.25, 0.3) is 11.5 Å². The molecule has 3 heterocycles. The number of aromatic amines is 1. The third-order valence-corrected chi connectivity index (χ3v) is 3.76. The number of aryl methyl sites for hydroxylation is 1. The van der Waals surface area contributed by atoms with E-state index in [1.165, 1.54) is 6.20 Å². The van der Waals surface area contributed by atoms with Crippen LogP contribution in [-0.2, 0) is 0 Å². The molecule has 3 rings (SSSR count). The number of carbonyl (C=O) groups excluding carboxylic acids is 1. The first kappa shape index (κ1) is 16.5.